The lowest BCUT2D eigenvalue weighted by atomic mass is 10.1. The van der Waals surface area contributed by atoms with Crippen molar-refractivity contribution < 1.29 is 33.8 Å². The van der Waals surface area contributed by atoms with E-state index in [1.165, 1.54) is 0 Å². The van der Waals surface area contributed by atoms with Gasteiger partial charge in [0.25, 0.3) is 0 Å². The molecule has 0 aliphatic carbocycles. The molecule has 3 heterocycles. The third-order valence-electron chi connectivity index (χ3n) is 6.99. The molecule has 13 heteroatoms. The Hall–Kier alpha value is -4.29. The van der Waals surface area contributed by atoms with Crippen LogP contribution in [0.4, 0.5) is 16.3 Å². The van der Waals surface area contributed by atoms with Gasteiger partial charge in [0.15, 0.2) is 5.82 Å². The number of unbranched alkanes of at least 4 members (excludes halogenated alkanes) is 1. The highest BCUT2D eigenvalue weighted by Crippen LogP contribution is 2.37. The predicted octanol–water partition coefficient (Wildman–Crippen LogP) is 2.34. The Balaban J connectivity index is 1.40. The maximum Gasteiger partial charge on any atom is 0.415 e. The maximum atomic E-state index is 12.5. The number of amides is 3. The lowest BCUT2D eigenvalue weighted by Gasteiger charge is -2.22. The second-order valence-corrected chi connectivity index (χ2v) is 10.3. The molecule has 0 unspecified atom stereocenters. The van der Waals surface area contributed by atoms with E-state index in [4.69, 9.17) is 25.3 Å². The Morgan fingerprint density at radius 2 is 2.00 bits per heavy atom. The zero-order valence-corrected chi connectivity index (χ0v) is 22.7. The molecule has 0 bridgehead atoms. The molecule has 216 valence electrons. The molecule has 5 N–H and O–H groups in total. The van der Waals surface area contributed by atoms with Crippen molar-refractivity contribution >= 4 is 35.4 Å². The van der Waals surface area contributed by atoms with Gasteiger partial charge in [-0.25, -0.2) is 9.78 Å². The van der Waals surface area contributed by atoms with Crippen molar-refractivity contribution in [2.75, 3.05) is 30.0 Å². The molecule has 1 saturated heterocycles. The standard InChI is InChI=1S/C27H36N6O7/c1-16(2)20-15-40-27(38)33(20)22-14-32-11-12-39-21-13-17(6-7-18(21)26(32)31-22)30-19(25(28)37)5-3-4-10-29-23(34)8-9-24(35)36/h6-7,13-14,16,19-20,30H,3-5,8-12,15H2,1-2H3,(H2,28,37)(H,29,34)(H,35,36)/t19-,20-/m0/s1. The average Bonchev–Trinajstić information content (AvgIpc) is 3.45. The summed E-state index contributed by atoms with van der Waals surface area (Å²) in [5.41, 5.74) is 7.06. The zero-order valence-electron chi connectivity index (χ0n) is 22.7. The van der Waals surface area contributed by atoms with E-state index >= 15 is 0 Å². The van der Waals surface area contributed by atoms with E-state index in [1.54, 1.807) is 11.0 Å². The topological polar surface area (TPSA) is 178 Å². The first-order chi connectivity index (χ1) is 19.1. The quantitative estimate of drug-likeness (QED) is 0.270. The lowest BCUT2D eigenvalue weighted by molar-refractivity contribution is -0.138. The molecular formula is C27H36N6O7. The van der Waals surface area contributed by atoms with E-state index in [0.29, 0.717) is 68.6 Å². The number of primary amides is 1. The number of carboxylic acids is 1. The van der Waals surface area contributed by atoms with Gasteiger partial charge < -0.3 is 35.5 Å². The molecule has 3 amide bonds. The van der Waals surface area contributed by atoms with Gasteiger partial charge >= 0.3 is 12.1 Å². The number of nitrogens with zero attached hydrogens (tertiary/aromatic N) is 3. The number of hydrogen-bond acceptors (Lipinski definition) is 8. The zero-order chi connectivity index (χ0) is 28.8. The number of hydrogen-bond donors (Lipinski definition) is 4. The number of imidazole rings is 1. The van der Waals surface area contributed by atoms with Gasteiger partial charge in [0.2, 0.25) is 11.8 Å². The molecule has 4 rings (SSSR count). The van der Waals surface area contributed by atoms with Gasteiger partial charge in [-0.05, 0) is 37.3 Å². The summed E-state index contributed by atoms with van der Waals surface area (Å²) in [6, 6.07) is 4.77. The summed E-state index contributed by atoms with van der Waals surface area (Å²) in [7, 11) is 0. The van der Waals surface area contributed by atoms with Crippen LogP contribution in [0, 0.1) is 5.92 Å². The third-order valence-corrected chi connectivity index (χ3v) is 6.99. The number of fused-ring (bicyclic) bond motifs is 3. The van der Waals surface area contributed by atoms with Crippen molar-refractivity contribution in [2.24, 2.45) is 11.7 Å². The molecule has 1 aromatic heterocycles. The van der Waals surface area contributed by atoms with Crippen molar-refractivity contribution in [3.63, 3.8) is 0 Å². The fraction of sp³-hybridized carbons (Fsp3) is 0.519. The Labute approximate surface area is 232 Å². The SMILES string of the molecule is CC(C)[C@@H]1COC(=O)N1c1cn2c(n1)-c1ccc(N[C@@H](CCCCNC(=O)CCC(=O)O)C(N)=O)cc1OCC2. The van der Waals surface area contributed by atoms with Crippen LogP contribution in [0.3, 0.4) is 0 Å². The minimum Gasteiger partial charge on any atom is -0.491 e. The van der Waals surface area contributed by atoms with Crippen LogP contribution in [0.1, 0.15) is 46.0 Å². The molecule has 2 aliphatic rings. The van der Waals surface area contributed by atoms with E-state index < -0.39 is 24.0 Å². The molecule has 2 aliphatic heterocycles. The Bertz CT molecular complexity index is 1260. The van der Waals surface area contributed by atoms with E-state index in [2.05, 4.69) is 10.6 Å². The van der Waals surface area contributed by atoms with Crippen molar-refractivity contribution in [3.05, 3.63) is 24.4 Å². The minimum absolute atomic E-state index is 0.0635. The van der Waals surface area contributed by atoms with Gasteiger partial charge in [-0.15, -0.1) is 0 Å². The van der Waals surface area contributed by atoms with E-state index in [0.717, 1.165) is 5.56 Å². The minimum atomic E-state index is -1.02. The van der Waals surface area contributed by atoms with Crippen LogP contribution < -0.4 is 26.0 Å². The highest BCUT2D eigenvalue weighted by atomic mass is 16.6. The first kappa shape index (κ1) is 28.7. The van der Waals surface area contributed by atoms with E-state index in [9.17, 15) is 19.2 Å². The van der Waals surface area contributed by atoms with Crippen LogP contribution in [0.15, 0.2) is 24.4 Å². The van der Waals surface area contributed by atoms with Gasteiger partial charge in [0, 0.05) is 30.9 Å². The van der Waals surface area contributed by atoms with Crippen LogP contribution in [0.2, 0.25) is 0 Å². The summed E-state index contributed by atoms with van der Waals surface area (Å²) in [5.74, 6) is 0.183. The highest BCUT2D eigenvalue weighted by Gasteiger charge is 2.38. The molecule has 13 nitrogen and oxygen atoms in total. The summed E-state index contributed by atoms with van der Waals surface area (Å²) >= 11 is 0. The molecule has 0 spiro atoms. The number of carboxylic acid groups (broad SMARTS) is 1. The second kappa shape index (κ2) is 12.7. The summed E-state index contributed by atoms with van der Waals surface area (Å²) in [4.78, 5) is 53.1. The van der Waals surface area contributed by atoms with Crippen molar-refractivity contribution in [2.45, 2.75) is 64.6 Å². The first-order valence-electron chi connectivity index (χ1n) is 13.5. The van der Waals surface area contributed by atoms with Crippen LogP contribution in [0.5, 0.6) is 5.75 Å². The second-order valence-electron chi connectivity index (χ2n) is 10.3. The van der Waals surface area contributed by atoms with Gasteiger partial charge in [0.1, 0.15) is 30.8 Å². The number of anilines is 2. The third kappa shape index (κ3) is 6.82. The molecule has 2 atom stereocenters. The van der Waals surface area contributed by atoms with Gasteiger partial charge in [-0.2, -0.15) is 0 Å². The first-order valence-corrected chi connectivity index (χ1v) is 13.5. The van der Waals surface area contributed by atoms with Crippen LogP contribution in [0.25, 0.3) is 11.4 Å². The molecule has 0 saturated carbocycles. The monoisotopic (exact) mass is 556 g/mol. The van der Waals surface area contributed by atoms with Crippen molar-refractivity contribution in [3.8, 4) is 17.1 Å². The number of ether oxygens (including phenoxy) is 2. The molecule has 40 heavy (non-hydrogen) atoms. The highest BCUT2D eigenvalue weighted by molar-refractivity contribution is 5.90. The normalized spacial score (nSPS) is 16.8. The summed E-state index contributed by atoms with van der Waals surface area (Å²) in [5, 5.41) is 14.5. The van der Waals surface area contributed by atoms with Crippen LogP contribution in [-0.4, -0.2) is 70.4 Å². The predicted molar refractivity (Wildman–Crippen MR) is 146 cm³/mol. The van der Waals surface area contributed by atoms with Crippen molar-refractivity contribution in [1.29, 1.82) is 0 Å². The molecule has 0 radical (unpaired) electrons. The largest absolute Gasteiger partial charge is 0.491 e. The summed E-state index contributed by atoms with van der Waals surface area (Å²) < 4.78 is 13.2. The lowest BCUT2D eigenvalue weighted by Crippen LogP contribution is -2.37. The van der Waals surface area contributed by atoms with Crippen LogP contribution in [-0.2, 0) is 25.7 Å². The number of cyclic esters (lactones) is 1. The molecule has 1 fully saturated rings. The number of aliphatic carboxylic acids is 1. The number of rotatable bonds is 13. The number of benzene rings is 1. The van der Waals surface area contributed by atoms with Gasteiger partial charge in [-0.1, -0.05) is 13.8 Å². The molecule has 2 aromatic rings. The average molecular weight is 557 g/mol. The Morgan fingerprint density at radius 3 is 2.73 bits per heavy atom. The number of carbonyl (C=O) groups is 4. The summed E-state index contributed by atoms with van der Waals surface area (Å²) in [6.07, 6.45) is 2.86. The van der Waals surface area contributed by atoms with E-state index in [-0.39, 0.29) is 30.7 Å². The number of carbonyl (C=O) groups excluding carboxylic acids is 3. The Kier molecular flexibility index (Phi) is 9.12. The number of nitrogens with two attached hydrogens (primary N) is 1. The Morgan fingerprint density at radius 1 is 1.20 bits per heavy atom. The molecule has 1 aromatic carbocycles. The van der Waals surface area contributed by atoms with Crippen molar-refractivity contribution in [1.82, 2.24) is 14.9 Å². The fourth-order valence-corrected chi connectivity index (χ4v) is 4.76. The number of aromatic nitrogens is 2. The smallest absolute Gasteiger partial charge is 0.415 e. The number of nitrogens with one attached hydrogen (secondary N) is 2. The van der Waals surface area contributed by atoms with E-state index in [1.807, 2.05) is 36.7 Å². The summed E-state index contributed by atoms with van der Waals surface area (Å²) in [6.45, 7) is 5.75. The van der Waals surface area contributed by atoms with Gasteiger partial charge in [-0.3, -0.25) is 19.3 Å². The maximum absolute atomic E-state index is 12.5. The molecular weight excluding hydrogens is 520 g/mol. The van der Waals surface area contributed by atoms with Gasteiger partial charge in [0.05, 0.1) is 24.6 Å². The van der Waals surface area contributed by atoms with Crippen LogP contribution >= 0.6 is 0 Å². The fourth-order valence-electron chi connectivity index (χ4n) is 4.76.